The van der Waals surface area contributed by atoms with E-state index in [-0.39, 0.29) is 6.10 Å². The SMILES string of the molecule is Cc1cc(C)cc(C(C)CC(C)O)c1. The lowest BCUT2D eigenvalue weighted by Gasteiger charge is -2.15. The Morgan fingerprint density at radius 2 is 1.57 bits per heavy atom. The number of rotatable bonds is 3. The third-order valence-corrected chi connectivity index (χ3v) is 2.51. The van der Waals surface area contributed by atoms with E-state index in [4.69, 9.17) is 0 Å². The van der Waals surface area contributed by atoms with Gasteiger partial charge in [-0.2, -0.15) is 0 Å². The van der Waals surface area contributed by atoms with E-state index >= 15 is 0 Å². The minimum Gasteiger partial charge on any atom is -0.393 e. The monoisotopic (exact) mass is 192 g/mol. The highest BCUT2D eigenvalue weighted by atomic mass is 16.3. The molecule has 1 aromatic rings. The minimum atomic E-state index is -0.217. The Hall–Kier alpha value is -0.820. The van der Waals surface area contributed by atoms with E-state index < -0.39 is 0 Å². The van der Waals surface area contributed by atoms with E-state index in [1.807, 2.05) is 6.92 Å². The van der Waals surface area contributed by atoms with Gasteiger partial charge in [0.2, 0.25) is 0 Å². The summed E-state index contributed by atoms with van der Waals surface area (Å²) in [6.45, 7) is 8.25. The van der Waals surface area contributed by atoms with E-state index in [9.17, 15) is 5.11 Å². The zero-order chi connectivity index (χ0) is 10.7. The summed E-state index contributed by atoms with van der Waals surface area (Å²) >= 11 is 0. The summed E-state index contributed by atoms with van der Waals surface area (Å²) in [5.41, 5.74) is 3.94. The molecule has 1 aromatic carbocycles. The first-order valence-corrected chi connectivity index (χ1v) is 5.25. The van der Waals surface area contributed by atoms with Gasteiger partial charge in [-0.25, -0.2) is 0 Å². The zero-order valence-electron chi connectivity index (χ0n) is 9.54. The van der Waals surface area contributed by atoms with Gasteiger partial charge in [0, 0.05) is 0 Å². The number of aliphatic hydroxyl groups excluding tert-OH is 1. The Morgan fingerprint density at radius 1 is 1.07 bits per heavy atom. The number of aliphatic hydroxyl groups is 1. The van der Waals surface area contributed by atoms with E-state index in [2.05, 4.69) is 39.0 Å². The summed E-state index contributed by atoms with van der Waals surface area (Å²) in [5, 5.41) is 9.32. The fourth-order valence-electron chi connectivity index (χ4n) is 1.94. The van der Waals surface area contributed by atoms with Crippen molar-refractivity contribution in [1.29, 1.82) is 0 Å². The predicted octanol–water partition coefficient (Wildman–Crippen LogP) is 3.18. The highest BCUT2D eigenvalue weighted by molar-refractivity contribution is 5.30. The number of hydrogen-bond donors (Lipinski definition) is 1. The van der Waals surface area contributed by atoms with Crippen LogP contribution in [0.4, 0.5) is 0 Å². The molecule has 1 rings (SSSR count). The Morgan fingerprint density at radius 3 is 2.00 bits per heavy atom. The molecule has 0 amide bonds. The first-order chi connectivity index (χ1) is 6.49. The molecule has 0 saturated carbocycles. The Labute approximate surface area is 86.8 Å². The lowest BCUT2D eigenvalue weighted by Crippen LogP contribution is -2.06. The van der Waals surface area contributed by atoms with Gasteiger partial charge in [0.15, 0.2) is 0 Å². The zero-order valence-corrected chi connectivity index (χ0v) is 9.54. The maximum Gasteiger partial charge on any atom is 0.0517 e. The predicted molar refractivity (Wildman–Crippen MR) is 60.6 cm³/mol. The highest BCUT2D eigenvalue weighted by Crippen LogP contribution is 2.22. The molecule has 14 heavy (non-hydrogen) atoms. The van der Waals surface area contributed by atoms with Gasteiger partial charge in [0.05, 0.1) is 6.10 Å². The van der Waals surface area contributed by atoms with Crippen LogP contribution in [0.5, 0.6) is 0 Å². The molecular weight excluding hydrogens is 172 g/mol. The molecule has 0 aliphatic rings. The van der Waals surface area contributed by atoms with Crippen molar-refractivity contribution < 1.29 is 5.11 Å². The van der Waals surface area contributed by atoms with Crippen LogP contribution >= 0.6 is 0 Å². The second-order valence-electron chi connectivity index (χ2n) is 4.41. The average molecular weight is 192 g/mol. The molecule has 1 heteroatoms. The van der Waals surface area contributed by atoms with Gasteiger partial charge in [-0.3, -0.25) is 0 Å². The van der Waals surface area contributed by atoms with Crippen LogP contribution in [-0.2, 0) is 0 Å². The Balaban J connectivity index is 2.84. The maximum absolute atomic E-state index is 9.32. The molecule has 0 aliphatic carbocycles. The van der Waals surface area contributed by atoms with Gasteiger partial charge in [0.25, 0.3) is 0 Å². The number of aryl methyl sites for hydroxylation is 2. The summed E-state index contributed by atoms with van der Waals surface area (Å²) in [6.07, 6.45) is 0.619. The van der Waals surface area contributed by atoms with Crippen molar-refractivity contribution in [2.24, 2.45) is 0 Å². The lowest BCUT2D eigenvalue weighted by molar-refractivity contribution is 0.176. The maximum atomic E-state index is 9.32. The fraction of sp³-hybridized carbons (Fsp3) is 0.538. The molecule has 1 N–H and O–H groups in total. The molecule has 2 atom stereocenters. The fourth-order valence-corrected chi connectivity index (χ4v) is 1.94. The topological polar surface area (TPSA) is 20.2 Å². The van der Waals surface area contributed by atoms with Crippen LogP contribution in [0.25, 0.3) is 0 Å². The van der Waals surface area contributed by atoms with Gasteiger partial charge < -0.3 is 5.11 Å². The van der Waals surface area contributed by atoms with Crippen molar-refractivity contribution in [3.8, 4) is 0 Å². The van der Waals surface area contributed by atoms with E-state index in [0.29, 0.717) is 5.92 Å². The molecule has 0 saturated heterocycles. The van der Waals surface area contributed by atoms with Crippen molar-refractivity contribution in [3.63, 3.8) is 0 Å². The largest absolute Gasteiger partial charge is 0.393 e. The van der Waals surface area contributed by atoms with Crippen molar-refractivity contribution >= 4 is 0 Å². The van der Waals surface area contributed by atoms with Crippen molar-refractivity contribution in [3.05, 3.63) is 34.9 Å². The van der Waals surface area contributed by atoms with Gasteiger partial charge in [-0.1, -0.05) is 36.2 Å². The molecule has 0 radical (unpaired) electrons. The highest BCUT2D eigenvalue weighted by Gasteiger charge is 2.09. The van der Waals surface area contributed by atoms with Crippen molar-refractivity contribution in [2.75, 3.05) is 0 Å². The van der Waals surface area contributed by atoms with Crippen LogP contribution in [0.2, 0.25) is 0 Å². The van der Waals surface area contributed by atoms with Crippen LogP contribution in [0.3, 0.4) is 0 Å². The normalized spacial score (nSPS) is 15.2. The smallest absolute Gasteiger partial charge is 0.0517 e. The van der Waals surface area contributed by atoms with Gasteiger partial charge in [-0.05, 0) is 38.7 Å². The van der Waals surface area contributed by atoms with Crippen molar-refractivity contribution in [2.45, 2.75) is 46.1 Å². The van der Waals surface area contributed by atoms with Crippen LogP contribution in [0.1, 0.15) is 42.9 Å². The van der Waals surface area contributed by atoms with Crippen LogP contribution in [-0.4, -0.2) is 11.2 Å². The van der Waals surface area contributed by atoms with E-state index in [0.717, 1.165) is 6.42 Å². The molecule has 0 spiro atoms. The lowest BCUT2D eigenvalue weighted by atomic mass is 9.93. The molecule has 0 fully saturated rings. The average Bonchev–Trinajstić information content (AvgIpc) is 2.00. The van der Waals surface area contributed by atoms with Gasteiger partial charge in [-0.15, -0.1) is 0 Å². The third-order valence-electron chi connectivity index (χ3n) is 2.51. The molecule has 0 bridgehead atoms. The van der Waals surface area contributed by atoms with Gasteiger partial charge >= 0.3 is 0 Å². The molecule has 78 valence electrons. The van der Waals surface area contributed by atoms with Crippen LogP contribution < -0.4 is 0 Å². The Bertz CT molecular complexity index is 282. The molecule has 0 heterocycles. The summed E-state index contributed by atoms with van der Waals surface area (Å²) < 4.78 is 0. The third kappa shape index (κ3) is 3.15. The van der Waals surface area contributed by atoms with Gasteiger partial charge in [0.1, 0.15) is 0 Å². The van der Waals surface area contributed by atoms with E-state index in [1.165, 1.54) is 16.7 Å². The molecule has 2 unspecified atom stereocenters. The van der Waals surface area contributed by atoms with Crippen molar-refractivity contribution in [1.82, 2.24) is 0 Å². The standard InChI is InChI=1S/C13H20O/c1-9-5-10(2)7-13(6-9)11(3)8-12(4)14/h5-7,11-12,14H,8H2,1-4H3. The summed E-state index contributed by atoms with van der Waals surface area (Å²) in [6, 6.07) is 6.60. The number of benzene rings is 1. The molecule has 0 aliphatic heterocycles. The van der Waals surface area contributed by atoms with E-state index in [1.54, 1.807) is 0 Å². The summed E-state index contributed by atoms with van der Waals surface area (Å²) in [4.78, 5) is 0. The molecular formula is C13H20O. The summed E-state index contributed by atoms with van der Waals surface area (Å²) in [7, 11) is 0. The first kappa shape index (κ1) is 11.3. The second kappa shape index (κ2) is 4.61. The van der Waals surface area contributed by atoms with Crippen LogP contribution in [0, 0.1) is 13.8 Å². The molecule has 0 aromatic heterocycles. The minimum absolute atomic E-state index is 0.217. The molecule has 1 nitrogen and oxygen atoms in total. The quantitative estimate of drug-likeness (QED) is 0.780. The summed E-state index contributed by atoms with van der Waals surface area (Å²) in [5.74, 6) is 0.439. The second-order valence-corrected chi connectivity index (χ2v) is 4.41. The Kier molecular flexibility index (Phi) is 3.70. The van der Waals surface area contributed by atoms with Crippen LogP contribution in [0.15, 0.2) is 18.2 Å². The first-order valence-electron chi connectivity index (χ1n) is 5.25. The number of hydrogen-bond acceptors (Lipinski definition) is 1.